The molecule has 2 aromatic carbocycles. The van der Waals surface area contributed by atoms with Gasteiger partial charge in [0.1, 0.15) is 17.3 Å². The molecule has 0 saturated carbocycles. The first-order chi connectivity index (χ1) is 14.5. The summed E-state index contributed by atoms with van der Waals surface area (Å²) in [5.74, 6) is 2.49. The molecule has 0 aliphatic carbocycles. The van der Waals surface area contributed by atoms with E-state index in [9.17, 15) is 9.50 Å². The zero-order valence-electron chi connectivity index (χ0n) is 17.5. The molecule has 2 aliphatic heterocycles. The minimum atomic E-state index is -0.314. The monoisotopic (exact) mass is 409 g/mol. The third-order valence-electron chi connectivity index (χ3n) is 5.40. The highest BCUT2D eigenvalue weighted by Crippen LogP contribution is 2.35. The van der Waals surface area contributed by atoms with Gasteiger partial charge in [0.25, 0.3) is 0 Å². The third kappa shape index (κ3) is 4.22. The molecular weight excluding hydrogens is 380 g/mol. The highest BCUT2D eigenvalue weighted by atomic mass is 19.1. The summed E-state index contributed by atoms with van der Waals surface area (Å²) in [4.78, 5) is 0. The zero-order valence-corrected chi connectivity index (χ0v) is 17.5. The predicted octanol–water partition coefficient (Wildman–Crippen LogP) is 3.40. The maximum atomic E-state index is 14.3. The second kappa shape index (κ2) is 9.37. The fraction of sp³-hybridized carbons (Fsp3) is 0.304. The average Bonchev–Trinajstić information content (AvgIpc) is 3.13. The number of para-hydroxylation sites is 1. The standard InChI is InChI=1S/C21H23BFN3O2.C2H6/c1-12(27)17-4-2-3-14-8-20-22(28-21(14)17)9-16(26-20)6-13-5-15(10-24)18(11-25)19(23)7-13;1-2/h2-5,7,9,20,26-27H,1,6,8,10-11,24-25H2;1-2H3. The highest BCUT2D eigenvalue weighted by molar-refractivity contribution is 6.61. The fourth-order valence-electron chi connectivity index (χ4n) is 4.05. The van der Waals surface area contributed by atoms with Crippen LogP contribution in [0.25, 0.3) is 5.76 Å². The van der Waals surface area contributed by atoms with Crippen molar-refractivity contribution in [1.82, 2.24) is 5.32 Å². The van der Waals surface area contributed by atoms with E-state index in [1.165, 1.54) is 6.07 Å². The van der Waals surface area contributed by atoms with Gasteiger partial charge in [-0.25, -0.2) is 4.39 Å². The Kier molecular flexibility index (Phi) is 6.85. The maximum absolute atomic E-state index is 14.3. The third-order valence-corrected chi connectivity index (χ3v) is 5.40. The van der Waals surface area contributed by atoms with Crippen molar-refractivity contribution in [2.75, 3.05) is 0 Å². The largest absolute Gasteiger partial charge is 0.554 e. The van der Waals surface area contributed by atoms with Gasteiger partial charge in [-0.2, -0.15) is 0 Å². The quantitative estimate of drug-likeness (QED) is 0.449. The van der Waals surface area contributed by atoms with Crippen molar-refractivity contribution >= 4 is 12.7 Å². The summed E-state index contributed by atoms with van der Waals surface area (Å²) in [6, 6.07) is 9.12. The van der Waals surface area contributed by atoms with Gasteiger partial charge in [0, 0.05) is 30.8 Å². The van der Waals surface area contributed by atoms with Crippen LogP contribution < -0.4 is 21.4 Å². The summed E-state index contributed by atoms with van der Waals surface area (Å²) in [7, 11) is 0. The Balaban J connectivity index is 0.00000124. The van der Waals surface area contributed by atoms with E-state index >= 15 is 0 Å². The molecule has 0 radical (unpaired) electrons. The highest BCUT2D eigenvalue weighted by Gasteiger charge is 2.39. The fourth-order valence-corrected chi connectivity index (χ4v) is 4.05. The van der Waals surface area contributed by atoms with Crippen molar-refractivity contribution in [3.8, 4) is 5.75 Å². The van der Waals surface area contributed by atoms with Gasteiger partial charge in [-0.15, -0.1) is 0 Å². The molecular formula is C23H29BFN3O2. The molecule has 30 heavy (non-hydrogen) atoms. The van der Waals surface area contributed by atoms with Gasteiger partial charge in [-0.3, -0.25) is 0 Å². The van der Waals surface area contributed by atoms with Crippen LogP contribution in [0.15, 0.2) is 48.6 Å². The molecule has 0 fully saturated rings. The molecule has 2 aromatic rings. The van der Waals surface area contributed by atoms with E-state index in [1.807, 2.05) is 38.0 Å². The van der Waals surface area contributed by atoms with Crippen LogP contribution in [0.3, 0.4) is 0 Å². The molecule has 4 rings (SSSR count). The van der Waals surface area contributed by atoms with Crippen molar-refractivity contribution in [2.24, 2.45) is 11.5 Å². The SMILES string of the molecule is C=C(O)c1cccc2c1OB1C=C(Cc3cc(F)c(CN)c(CN)c3)NC1C2.CC. The molecule has 0 amide bonds. The van der Waals surface area contributed by atoms with Gasteiger partial charge >= 0.3 is 6.92 Å². The van der Waals surface area contributed by atoms with Gasteiger partial charge < -0.3 is 26.5 Å². The Morgan fingerprint density at radius 1 is 1.30 bits per heavy atom. The minimum absolute atomic E-state index is 0.00441. The van der Waals surface area contributed by atoms with E-state index in [0.29, 0.717) is 23.3 Å². The lowest BCUT2D eigenvalue weighted by molar-refractivity contribution is 0.486. The van der Waals surface area contributed by atoms with E-state index < -0.39 is 0 Å². The number of halogens is 1. The number of aliphatic hydroxyl groups is 1. The van der Waals surface area contributed by atoms with Crippen molar-refractivity contribution in [1.29, 1.82) is 0 Å². The van der Waals surface area contributed by atoms with Crippen LogP contribution in [0.1, 0.15) is 41.7 Å². The molecule has 0 bridgehead atoms. The lowest BCUT2D eigenvalue weighted by atomic mass is 9.58. The summed E-state index contributed by atoms with van der Waals surface area (Å²) in [6.45, 7) is 7.85. The maximum Gasteiger partial charge on any atom is 0.409 e. The van der Waals surface area contributed by atoms with Crippen LogP contribution in [0.5, 0.6) is 5.75 Å². The molecule has 5 nitrogen and oxygen atoms in total. The number of nitrogens with one attached hydrogen (secondary N) is 1. The van der Waals surface area contributed by atoms with E-state index in [-0.39, 0.29) is 37.5 Å². The topological polar surface area (TPSA) is 93.5 Å². The second-order valence-electron chi connectivity index (χ2n) is 7.27. The summed E-state index contributed by atoms with van der Waals surface area (Å²) in [6.07, 6.45) is 1.33. The van der Waals surface area contributed by atoms with Crippen LogP contribution in [-0.2, 0) is 25.9 Å². The minimum Gasteiger partial charge on any atom is -0.554 e. The van der Waals surface area contributed by atoms with Gasteiger partial charge in [-0.05, 0) is 35.2 Å². The molecule has 1 unspecified atom stereocenters. The van der Waals surface area contributed by atoms with E-state index in [4.69, 9.17) is 16.1 Å². The molecule has 0 aromatic heterocycles. The number of hydrogen-bond acceptors (Lipinski definition) is 5. The summed E-state index contributed by atoms with van der Waals surface area (Å²) in [5.41, 5.74) is 16.1. The number of benzene rings is 2. The molecule has 2 aliphatic rings. The molecule has 158 valence electrons. The van der Waals surface area contributed by atoms with Crippen molar-refractivity contribution in [2.45, 2.75) is 45.7 Å². The summed E-state index contributed by atoms with van der Waals surface area (Å²) >= 11 is 0. The smallest absolute Gasteiger partial charge is 0.409 e. The van der Waals surface area contributed by atoms with E-state index in [0.717, 1.165) is 28.8 Å². The summed E-state index contributed by atoms with van der Waals surface area (Å²) < 4.78 is 20.5. The normalized spacial score (nSPS) is 16.4. The van der Waals surface area contributed by atoms with Crippen LogP contribution >= 0.6 is 0 Å². The van der Waals surface area contributed by atoms with Crippen LogP contribution in [0, 0.1) is 5.82 Å². The average molecular weight is 409 g/mol. The van der Waals surface area contributed by atoms with E-state index in [1.54, 1.807) is 6.07 Å². The number of rotatable bonds is 5. The first kappa shape index (κ1) is 21.9. The molecule has 1 atom stereocenters. The lowest BCUT2D eigenvalue weighted by Gasteiger charge is -2.28. The Bertz CT molecular complexity index is 977. The van der Waals surface area contributed by atoms with Crippen LogP contribution in [-0.4, -0.2) is 18.0 Å². The summed E-state index contributed by atoms with van der Waals surface area (Å²) in [5, 5.41) is 13.3. The first-order valence-corrected chi connectivity index (χ1v) is 10.3. The number of nitrogens with two attached hydrogens (primary N) is 2. The van der Waals surface area contributed by atoms with Gasteiger partial charge in [0.15, 0.2) is 0 Å². The number of fused-ring (bicyclic) bond motifs is 2. The van der Waals surface area contributed by atoms with Gasteiger partial charge in [0.2, 0.25) is 0 Å². The Labute approximate surface area is 177 Å². The van der Waals surface area contributed by atoms with Crippen molar-refractivity contribution in [3.05, 3.63) is 82.2 Å². The van der Waals surface area contributed by atoms with Crippen LogP contribution in [0.4, 0.5) is 4.39 Å². The number of aliphatic hydroxyl groups excluding tert-OH is 1. The van der Waals surface area contributed by atoms with Gasteiger partial charge in [-0.1, -0.05) is 44.6 Å². The second-order valence-corrected chi connectivity index (χ2v) is 7.27. The van der Waals surface area contributed by atoms with Crippen LogP contribution in [0.2, 0.25) is 0 Å². The Morgan fingerprint density at radius 3 is 2.73 bits per heavy atom. The van der Waals surface area contributed by atoms with Crippen molar-refractivity contribution < 1.29 is 14.2 Å². The molecule has 0 saturated heterocycles. The Hall–Kier alpha value is -2.77. The predicted molar refractivity (Wildman–Crippen MR) is 120 cm³/mol. The zero-order chi connectivity index (χ0) is 21.8. The van der Waals surface area contributed by atoms with Gasteiger partial charge in [0.05, 0.1) is 11.5 Å². The number of hydrogen-bond donors (Lipinski definition) is 4. The first-order valence-electron chi connectivity index (χ1n) is 10.3. The van der Waals surface area contributed by atoms with Crippen molar-refractivity contribution in [3.63, 3.8) is 0 Å². The molecule has 2 heterocycles. The van der Waals surface area contributed by atoms with E-state index in [2.05, 4.69) is 11.9 Å². The molecule has 7 heteroatoms. The lowest BCUT2D eigenvalue weighted by Crippen LogP contribution is -2.44. The number of allylic oxidation sites excluding steroid dienone is 1. The molecule has 0 spiro atoms. The molecule has 6 N–H and O–H groups in total. The Morgan fingerprint density at radius 2 is 2.07 bits per heavy atom.